The van der Waals surface area contributed by atoms with E-state index >= 15 is 0 Å². The van der Waals surface area contributed by atoms with Crippen molar-refractivity contribution < 1.29 is 26.5 Å². The van der Waals surface area contributed by atoms with Crippen molar-refractivity contribution in [2.24, 2.45) is 0 Å². The third kappa shape index (κ3) is 6.99. The molecule has 6 aromatic heterocycles. The summed E-state index contributed by atoms with van der Waals surface area (Å²) in [7, 11) is 0. The lowest BCUT2D eigenvalue weighted by Gasteiger charge is -2.40. The van der Waals surface area contributed by atoms with Gasteiger partial charge in [0.2, 0.25) is 35.3 Å². The van der Waals surface area contributed by atoms with Crippen molar-refractivity contribution in [1.29, 1.82) is 0 Å². The van der Waals surface area contributed by atoms with Crippen LogP contribution < -0.4 is 31.1 Å². The lowest BCUT2D eigenvalue weighted by molar-refractivity contribution is 0.582. The second kappa shape index (κ2) is 18.8. The first kappa shape index (κ1) is 48.5. The van der Waals surface area contributed by atoms with Crippen molar-refractivity contribution >= 4 is 141 Å². The predicted molar refractivity (Wildman–Crippen MR) is 356 cm³/mol. The first-order valence-corrected chi connectivity index (χ1v) is 29.6. The van der Waals surface area contributed by atoms with E-state index in [-0.39, 0.29) is 0 Å². The van der Waals surface area contributed by atoms with Crippen LogP contribution in [0.5, 0.6) is 0 Å². The molecule has 0 N–H and O–H groups in total. The molecule has 2 aliphatic heterocycles. The molecule has 17 aromatic rings. The number of benzene rings is 11. The maximum absolute atomic E-state index is 7.49. The highest BCUT2D eigenvalue weighted by molar-refractivity contribution is 7.02. The molecule has 2 aliphatic rings. The van der Waals surface area contributed by atoms with Crippen molar-refractivity contribution in [2.45, 2.75) is 0 Å². The number of nitrogens with zero attached hydrogens (tertiary/aromatic N) is 3. The van der Waals surface area contributed by atoms with Gasteiger partial charge in [-0.1, -0.05) is 231 Å². The van der Waals surface area contributed by atoms with Gasteiger partial charge in [0, 0.05) is 43.2 Å². The predicted octanol–water partition coefficient (Wildman–Crippen LogP) is 20.4. The Morgan fingerprint density at radius 1 is 0.250 bits per heavy atom. The fourth-order valence-corrected chi connectivity index (χ4v) is 14.1. The van der Waals surface area contributed by atoms with Crippen molar-refractivity contribution in [2.75, 3.05) is 14.7 Å². The van der Waals surface area contributed by atoms with E-state index in [9.17, 15) is 0 Å². The number of para-hydroxylation sites is 6. The molecule has 0 amide bonds. The highest BCUT2D eigenvalue weighted by atomic mass is 16.4. The largest absolute Gasteiger partial charge is 0.440 e. The Hall–Kier alpha value is -11.9. The number of fused-ring (bicyclic) bond motifs is 12. The van der Waals surface area contributed by atoms with Gasteiger partial charge in [0.15, 0.2) is 0 Å². The van der Waals surface area contributed by atoms with Crippen LogP contribution in [0.3, 0.4) is 0 Å². The summed E-state index contributed by atoms with van der Waals surface area (Å²) < 4.78 is 44.8. The van der Waals surface area contributed by atoms with E-state index in [1.807, 2.05) is 72.8 Å². The summed E-state index contributed by atoms with van der Waals surface area (Å²) in [5, 5.41) is 5.73. The van der Waals surface area contributed by atoms with Crippen LogP contribution in [-0.2, 0) is 0 Å². The highest BCUT2D eigenvalue weighted by Crippen LogP contribution is 2.58. The zero-order chi connectivity index (χ0) is 57.6. The van der Waals surface area contributed by atoms with Crippen LogP contribution in [0, 0.1) is 0 Å². The number of furan rings is 6. The van der Waals surface area contributed by atoms with E-state index in [0.29, 0.717) is 52.2 Å². The molecule has 9 nitrogen and oxygen atoms in total. The van der Waals surface area contributed by atoms with Crippen molar-refractivity contribution in [1.82, 2.24) is 0 Å². The highest BCUT2D eigenvalue weighted by Gasteiger charge is 2.51. The molecule has 11 aromatic carbocycles. The van der Waals surface area contributed by atoms with E-state index in [4.69, 9.17) is 26.5 Å². The van der Waals surface area contributed by atoms with E-state index in [2.05, 4.69) is 221 Å². The fraction of sp³-hybridized carbons (Fsp3) is 0. The SMILES string of the molecule is c1ccc(-c2c(N(c3cc4c5c(c3)N(c3oc6ccccc6c3-c3ccccc3)c3oc6ccccc6c3B5c3c(oc5ccccc35)N4c3oc4ccccc4c3-c3ccccc3)c3oc4ccccc4c3-c3ccccc3)oc3ccccc23)cc1. The van der Waals surface area contributed by atoms with Crippen molar-refractivity contribution in [3.63, 3.8) is 0 Å². The van der Waals surface area contributed by atoms with Gasteiger partial charge in [0.05, 0.1) is 39.3 Å². The summed E-state index contributed by atoms with van der Waals surface area (Å²) >= 11 is 0. The Balaban J connectivity index is 1.03. The average Bonchev–Trinajstić information content (AvgIpc) is 1.40. The second-order valence-electron chi connectivity index (χ2n) is 22.5. The van der Waals surface area contributed by atoms with Gasteiger partial charge in [0.25, 0.3) is 6.71 Å². The van der Waals surface area contributed by atoms with Gasteiger partial charge >= 0.3 is 0 Å². The Morgan fingerprint density at radius 3 is 0.886 bits per heavy atom. The van der Waals surface area contributed by atoms with E-state index in [0.717, 1.165) is 127 Å². The van der Waals surface area contributed by atoms with Gasteiger partial charge in [-0.2, -0.15) is 0 Å². The molecule has 0 saturated carbocycles. The standard InChI is InChI=1S/C78H46BN3O6/c1-5-25-47(26-6-1)66-52-33-13-19-39-60(52)83-73(66)80(74-67(48-27-7-2-8-28-48)53-34-14-20-40-61(53)84-74)51-45-58-72-59(46-51)82(76-69(50-31-11-4-12-32-50)55-36-16-22-42-63(55)86-76)78-71(57-38-18-24-44-65(57)88-78)79(72)70-56-37-17-23-43-64(56)87-77(70)81(58)75-68(49-29-9-3-10-30-49)54-35-15-21-41-62(54)85-75/h1-46H. The first-order chi connectivity index (χ1) is 43.7. The molecule has 0 spiro atoms. The lowest BCUT2D eigenvalue weighted by atomic mass is 9.33. The molecule has 8 heterocycles. The third-order valence-electron chi connectivity index (χ3n) is 17.7. The Bertz CT molecular complexity index is 5280. The number of hydrogen-bond donors (Lipinski definition) is 0. The minimum atomic E-state index is -0.469. The Kier molecular flexibility index (Phi) is 10.4. The minimum absolute atomic E-state index is 0.469. The summed E-state index contributed by atoms with van der Waals surface area (Å²) in [5.41, 5.74) is 17.1. The van der Waals surface area contributed by atoms with Gasteiger partial charge in [-0.3, -0.25) is 9.80 Å². The summed E-state index contributed by atoms with van der Waals surface area (Å²) in [5.74, 6) is 3.50. The summed E-state index contributed by atoms with van der Waals surface area (Å²) in [6, 6.07) is 96.4. The Labute approximate surface area is 503 Å². The monoisotopic (exact) mass is 1130 g/mol. The fourth-order valence-electron chi connectivity index (χ4n) is 14.1. The van der Waals surface area contributed by atoms with Gasteiger partial charge < -0.3 is 26.5 Å². The topological polar surface area (TPSA) is 88.6 Å². The third-order valence-corrected chi connectivity index (χ3v) is 17.7. The van der Waals surface area contributed by atoms with Crippen molar-refractivity contribution in [3.05, 3.63) is 279 Å². The second-order valence-corrected chi connectivity index (χ2v) is 22.5. The molecule has 19 rings (SSSR count). The first-order valence-electron chi connectivity index (χ1n) is 29.6. The quantitative estimate of drug-likeness (QED) is 0.131. The van der Waals surface area contributed by atoms with Gasteiger partial charge in [-0.15, -0.1) is 0 Å². The number of hydrogen-bond acceptors (Lipinski definition) is 9. The van der Waals surface area contributed by atoms with Crippen LogP contribution in [0.4, 0.5) is 52.4 Å². The molecular formula is C78H46BN3O6. The zero-order valence-corrected chi connectivity index (χ0v) is 46.9. The molecule has 0 atom stereocenters. The van der Waals surface area contributed by atoms with E-state index in [1.165, 1.54) is 0 Å². The number of anilines is 9. The number of rotatable bonds is 9. The van der Waals surface area contributed by atoms with Gasteiger partial charge in [0.1, 0.15) is 33.5 Å². The van der Waals surface area contributed by atoms with Gasteiger partial charge in [-0.25, -0.2) is 4.90 Å². The summed E-state index contributed by atoms with van der Waals surface area (Å²) in [4.78, 5) is 6.64. The van der Waals surface area contributed by atoms with Gasteiger partial charge in [-0.05, 0) is 76.2 Å². The maximum Gasteiger partial charge on any atom is 0.262 e. The minimum Gasteiger partial charge on any atom is -0.440 e. The average molecular weight is 1130 g/mol. The molecule has 0 saturated heterocycles. The van der Waals surface area contributed by atoms with E-state index < -0.39 is 6.71 Å². The van der Waals surface area contributed by atoms with Crippen LogP contribution in [0.2, 0.25) is 0 Å². The smallest absolute Gasteiger partial charge is 0.262 e. The molecule has 412 valence electrons. The molecule has 0 radical (unpaired) electrons. The zero-order valence-electron chi connectivity index (χ0n) is 46.9. The molecule has 0 fully saturated rings. The normalized spacial score (nSPS) is 12.7. The molecule has 0 aliphatic carbocycles. The van der Waals surface area contributed by atoms with E-state index in [1.54, 1.807) is 0 Å². The summed E-state index contributed by atoms with van der Waals surface area (Å²) in [6.45, 7) is -0.469. The van der Waals surface area contributed by atoms with Crippen LogP contribution in [0.15, 0.2) is 306 Å². The Morgan fingerprint density at radius 2 is 0.523 bits per heavy atom. The molecule has 88 heavy (non-hydrogen) atoms. The van der Waals surface area contributed by atoms with Crippen LogP contribution >= 0.6 is 0 Å². The summed E-state index contributed by atoms with van der Waals surface area (Å²) in [6.07, 6.45) is 0. The van der Waals surface area contributed by atoms with Crippen molar-refractivity contribution in [3.8, 4) is 44.5 Å². The molecule has 0 unspecified atom stereocenters. The molecular weight excluding hydrogens is 1090 g/mol. The molecule has 0 bridgehead atoms. The maximum atomic E-state index is 7.49. The van der Waals surface area contributed by atoms with Crippen LogP contribution in [-0.4, -0.2) is 6.71 Å². The lowest BCUT2D eigenvalue weighted by Crippen LogP contribution is -2.60. The van der Waals surface area contributed by atoms with Crippen LogP contribution in [0.25, 0.3) is 110 Å². The van der Waals surface area contributed by atoms with Crippen LogP contribution in [0.1, 0.15) is 0 Å². The molecule has 10 heteroatoms.